The van der Waals surface area contributed by atoms with Crippen molar-refractivity contribution in [1.29, 1.82) is 0 Å². The van der Waals surface area contributed by atoms with E-state index in [4.69, 9.17) is 0 Å². The number of rotatable bonds is 4. The van der Waals surface area contributed by atoms with Crippen LogP contribution in [0.1, 0.15) is 19.5 Å². The second-order valence-electron chi connectivity index (χ2n) is 4.91. The number of aromatic nitrogens is 1. The van der Waals surface area contributed by atoms with Crippen LogP contribution in [0.25, 0.3) is 10.9 Å². The Balaban J connectivity index is 2.20. The Labute approximate surface area is 113 Å². The molecule has 19 heavy (non-hydrogen) atoms. The molecule has 0 fully saturated rings. The number of hydrogen-bond donors (Lipinski definition) is 2. The van der Waals surface area contributed by atoms with Gasteiger partial charge in [0.05, 0.1) is 17.7 Å². The van der Waals surface area contributed by atoms with E-state index in [1.54, 1.807) is 0 Å². The summed E-state index contributed by atoms with van der Waals surface area (Å²) < 4.78 is 0. The van der Waals surface area contributed by atoms with Gasteiger partial charge in [-0.3, -0.25) is 9.78 Å². The molecule has 0 saturated heterocycles. The van der Waals surface area contributed by atoms with Crippen molar-refractivity contribution in [1.82, 2.24) is 10.3 Å². The monoisotopic (exact) mass is 257 g/mol. The van der Waals surface area contributed by atoms with E-state index in [0.717, 1.165) is 22.3 Å². The molecule has 4 nitrogen and oxygen atoms in total. The smallest absolute Gasteiger partial charge is 0.238 e. The highest BCUT2D eigenvalue weighted by Gasteiger charge is 2.07. The molecule has 4 heteroatoms. The summed E-state index contributed by atoms with van der Waals surface area (Å²) in [5.74, 6) is -0.0514. The zero-order valence-corrected chi connectivity index (χ0v) is 11.5. The lowest BCUT2D eigenvalue weighted by Gasteiger charge is -2.10. The van der Waals surface area contributed by atoms with Gasteiger partial charge < -0.3 is 10.6 Å². The molecule has 2 aromatic rings. The van der Waals surface area contributed by atoms with Gasteiger partial charge in [-0.25, -0.2) is 0 Å². The van der Waals surface area contributed by atoms with Crippen molar-refractivity contribution in [3.63, 3.8) is 0 Å². The standard InChI is InChI=1S/C15H19N3O/c1-10(2)16-9-14(19)18-13-6-4-5-12-8-7-11(3)17-15(12)13/h4-8,10,16H,9H2,1-3H3,(H,18,19). The molecule has 2 rings (SSSR count). The molecule has 1 amide bonds. The molecular weight excluding hydrogens is 238 g/mol. The molecule has 0 saturated carbocycles. The Morgan fingerprint density at radius 3 is 2.79 bits per heavy atom. The van der Waals surface area contributed by atoms with Gasteiger partial charge in [-0.15, -0.1) is 0 Å². The average Bonchev–Trinajstić information content (AvgIpc) is 2.37. The summed E-state index contributed by atoms with van der Waals surface area (Å²) in [7, 11) is 0. The fourth-order valence-corrected chi connectivity index (χ4v) is 1.84. The van der Waals surface area contributed by atoms with Crippen LogP contribution in [0.3, 0.4) is 0 Å². The fraction of sp³-hybridized carbons (Fsp3) is 0.333. The highest BCUT2D eigenvalue weighted by molar-refractivity contribution is 6.00. The van der Waals surface area contributed by atoms with Crippen LogP contribution < -0.4 is 10.6 Å². The number of hydrogen-bond acceptors (Lipinski definition) is 3. The molecule has 1 heterocycles. The zero-order valence-electron chi connectivity index (χ0n) is 11.5. The summed E-state index contributed by atoms with van der Waals surface area (Å²) in [6, 6.07) is 10.1. The van der Waals surface area contributed by atoms with E-state index in [2.05, 4.69) is 15.6 Å². The summed E-state index contributed by atoms with van der Waals surface area (Å²) in [4.78, 5) is 16.3. The Morgan fingerprint density at radius 2 is 2.05 bits per heavy atom. The van der Waals surface area contributed by atoms with Crippen molar-refractivity contribution in [3.05, 3.63) is 36.0 Å². The average molecular weight is 257 g/mol. The molecule has 0 atom stereocenters. The van der Waals surface area contributed by atoms with Crippen molar-refractivity contribution in [2.24, 2.45) is 0 Å². The Hall–Kier alpha value is -1.94. The maximum absolute atomic E-state index is 11.8. The van der Waals surface area contributed by atoms with E-state index in [9.17, 15) is 4.79 Å². The maximum Gasteiger partial charge on any atom is 0.238 e. The van der Waals surface area contributed by atoms with Crippen LogP contribution >= 0.6 is 0 Å². The molecular formula is C15H19N3O. The molecule has 100 valence electrons. The molecule has 0 bridgehead atoms. The van der Waals surface area contributed by atoms with Gasteiger partial charge in [-0.05, 0) is 19.1 Å². The third-order valence-corrected chi connectivity index (χ3v) is 2.80. The lowest BCUT2D eigenvalue weighted by Crippen LogP contribution is -2.32. The highest BCUT2D eigenvalue weighted by atomic mass is 16.1. The van der Waals surface area contributed by atoms with Crippen LogP contribution in [0.4, 0.5) is 5.69 Å². The number of aryl methyl sites for hydroxylation is 1. The molecule has 0 radical (unpaired) electrons. The lowest BCUT2D eigenvalue weighted by molar-refractivity contribution is -0.115. The van der Waals surface area contributed by atoms with E-state index in [1.165, 1.54) is 0 Å². The van der Waals surface area contributed by atoms with Gasteiger partial charge in [0.2, 0.25) is 5.91 Å². The van der Waals surface area contributed by atoms with Gasteiger partial charge in [-0.1, -0.05) is 32.0 Å². The number of fused-ring (bicyclic) bond motifs is 1. The predicted octanol–water partition coefficient (Wildman–Crippen LogP) is 2.48. The van der Waals surface area contributed by atoms with Crippen LogP contribution in [0.15, 0.2) is 30.3 Å². The summed E-state index contributed by atoms with van der Waals surface area (Å²) in [6.45, 7) is 6.27. The minimum atomic E-state index is -0.0514. The van der Waals surface area contributed by atoms with Gasteiger partial charge in [-0.2, -0.15) is 0 Å². The van der Waals surface area contributed by atoms with Crippen molar-refractivity contribution in [2.75, 3.05) is 11.9 Å². The van der Waals surface area contributed by atoms with Gasteiger partial charge >= 0.3 is 0 Å². The van der Waals surface area contributed by atoms with Crippen LogP contribution in [0.5, 0.6) is 0 Å². The molecule has 0 spiro atoms. The molecule has 0 aliphatic carbocycles. The zero-order chi connectivity index (χ0) is 13.8. The number of anilines is 1. The second-order valence-corrected chi connectivity index (χ2v) is 4.91. The summed E-state index contributed by atoms with van der Waals surface area (Å²) in [5.41, 5.74) is 2.53. The second kappa shape index (κ2) is 5.80. The summed E-state index contributed by atoms with van der Waals surface area (Å²) >= 11 is 0. The van der Waals surface area contributed by atoms with E-state index in [1.807, 2.05) is 51.1 Å². The lowest BCUT2D eigenvalue weighted by atomic mass is 10.1. The van der Waals surface area contributed by atoms with Gasteiger partial charge in [0.15, 0.2) is 0 Å². The number of amides is 1. The first kappa shape index (κ1) is 13.5. The van der Waals surface area contributed by atoms with E-state index in [-0.39, 0.29) is 5.91 Å². The summed E-state index contributed by atoms with van der Waals surface area (Å²) in [6.07, 6.45) is 0. The molecule has 0 aliphatic rings. The highest BCUT2D eigenvalue weighted by Crippen LogP contribution is 2.21. The van der Waals surface area contributed by atoms with Crippen LogP contribution in [0.2, 0.25) is 0 Å². The Kier molecular flexibility index (Phi) is 4.12. The molecule has 1 aromatic carbocycles. The van der Waals surface area contributed by atoms with Gasteiger partial charge in [0.25, 0.3) is 0 Å². The first-order valence-corrected chi connectivity index (χ1v) is 6.46. The third kappa shape index (κ3) is 3.51. The minimum Gasteiger partial charge on any atom is -0.323 e. The first-order valence-electron chi connectivity index (χ1n) is 6.46. The number of nitrogens with one attached hydrogen (secondary N) is 2. The number of carbonyl (C=O) groups is 1. The third-order valence-electron chi connectivity index (χ3n) is 2.80. The minimum absolute atomic E-state index is 0.0514. The predicted molar refractivity (Wildman–Crippen MR) is 78.2 cm³/mol. The topological polar surface area (TPSA) is 54.0 Å². The number of benzene rings is 1. The van der Waals surface area contributed by atoms with Gasteiger partial charge in [0, 0.05) is 17.1 Å². The normalized spacial score (nSPS) is 10.9. The first-order chi connectivity index (χ1) is 9.06. The Morgan fingerprint density at radius 1 is 1.26 bits per heavy atom. The van der Waals surface area contributed by atoms with E-state index in [0.29, 0.717) is 12.6 Å². The quantitative estimate of drug-likeness (QED) is 0.884. The Bertz CT molecular complexity index is 593. The number of pyridine rings is 1. The van der Waals surface area contributed by atoms with Crippen LogP contribution in [-0.4, -0.2) is 23.5 Å². The van der Waals surface area contributed by atoms with E-state index < -0.39 is 0 Å². The van der Waals surface area contributed by atoms with Gasteiger partial charge in [0.1, 0.15) is 0 Å². The van der Waals surface area contributed by atoms with Crippen molar-refractivity contribution >= 4 is 22.5 Å². The number of para-hydroxylation sites is 1. The summed E-state index contributed by atoms with van der Waals surface area (Å²) in [5, 5.41) is 7.02. The number of carbonyl (C=O) groups excluding carboxylic acids is 1. The van der Waals surface area contributed by atoms with Crippen molar-refractivity contribution in [2.45, 2.75) is 26.8 Å². The molecule has 0 unspecified atom stereocenters. The SMILES string of the molecule is Cc1ccc2cccc(NC(=O)CNC(C)C)c2n1. The molecule has 2 N–H and O–H groups in total. The molecule has 1 aromatic heterocycles. The van der Waals surface area contributed by atoms with E-state index >= 15 is 0 Å². The largest absolute Gasteiger partial charge is 0.323 e. The maximum atomic E-state index is 11.8. The molecule has 0 aliphatic heterocycles. The van der Waals surface area contributed by atoms with Crippen molar-refractivity contribution in [3.8, 4) is 0 Å². The van der Waals surface area contributed by atoms with Crippen molar-refractivity contribution < 1.29 is 4.79 Å². The van der Waals surface area contributed by atoms with Crippen LogP contribution in [-0.2, 0) is 4.79 Å². The number of nitrogens with zero attached hydrogens (tertiary/aromatic N) is 1. The fourth-order valence-electron chi connectivity index (χ4n) is 1.84. The van der Waals surface area contributed by atoms with Crippen LogP contribution in [0, 0.1) is 6.92 Å².